The van der Waals surface area contributed by atoms with Gasteiger partial charge in [0.1, 0.15) is 4.60 Å². The Morgan fingerprint density at radius 2 is 2.19 bits per heavy atom. The van der Waals surface area contributed by atoms with Crippen LogP contribution in [0.2, 0.25) is 0 Å². The molecule has 21 heavy (non-hydrogen) atoms. The summed E-state index contributed by atoms with van der Waals surface area (Å²) < 4.78 is 0.751. The molecule has 106 valence electrons. The average molecular weight is 346 g/mol. The van der Waals surface area contributed by atoms with Crippen molar-refractivity contribution < 1.29 is 9.59 Å². The number of pyridine rings is 1. The van der Waals surface area contributed by atoms with Crippen molar-refractivity contribution >= 4 is 39.1 Å². The van der Waals surface area contributed by atoms with E-state index in [0.717, 1.165) is 15.7 Å². The molecule has 1 aliphatic heterocycles. The van der Waals surface area contributed by atoms with E-state index >= 15 is 0 Å². The summed E-state index contributed by atoms with van der Waals surface area (Å²) in [7, 11) is 0. The summed E-state index contributed by atoms with van der Waals surface area (Å²) in [5.41, 5.74) is 3.69. The Morgan fingerprint density at radius 1 is 1.38 bits per heavy atom. The Balaban J connectivity index is 1.81. The first-order chi connectivity index (χ1) is 10.0. The molecule has 6 heteroatoms. The highest BCUT2D eigenvalue weighted by molar-refractivity contribution is 9.10. The van der Waals surface area contributed by atoms with Gasteiger partial charge in [0, 0.05) is 11.3 Å². The Morgan fingerprint density at radius 3 is 2.95 bits per heavy atom. The SMILES string of the molecule is Cc1cc(NC(=O)c2ccc3c(c2)NC(=O)C3)cnc1Br. The smallest absolute Gasteiger partial charge is 0.255 e. The zero-order valence-corrected chi connectivity index (χ0v) is 12.8. The Hall–Kier alpha value is -2.21. The maximum absolute atomic E-state index is 12.2. The van der Waals surface area contributed by atoms with Crippen molar-refractivity contribution in [1.82, 2.24) is 4.98 Å². The number of carbonyl (C=O) groups is 2. The van der Waals surface area contributed by atoms with E-state index in [2.05, 4.69) is 31.5 Å². The highest BCUT2D eigenvalue weighted by Gasteiger charge is 2.19. The molecule has 0 fully saturated rings. The molecule has 0 unspecified atom stereocenters. The van der Waals surface area contributed by atoms with Crippen LogP contribution < -0.4 is 10.6 Å². The molecule has 2 amide bonds. The lowest BCUT2D eigenvalue weighted by molar-refractivity contribution is -0.115. The van der Waals surface area contributed by atoms with E-state index in [1.54, 1.807) is 24.4 Å². The van der Waals surface area contributed by atoms with Gasteiger partial charge in [-0.3, -0.25) is 9.59 Å². The molecule has 1 aliphatic rings. The first-order valence-electron chi connectivity index (χ1n) is 6.39. The molecule has 0 bridgehead atoms. The lowest BCUT2D eigenvalue weighted by Gasteiger charge is -2.08. The van der Waals surface area contributed by atoms with Gasteiger partial charge in [-0.1, -0.05) is 6.07 Å². The van der Waals surface area contributed by atoms with Crippen LogP contribution in [0.15, 0.2) is 35.1 Å². The van der Waals surface area contributed by atoms with E-state index < -0.39 is 0 Å². The van der Waals surface area contributed by atoms with Crippen LogP contribution in [0.3, 0.4) is 0 Å². The Bertz CT molecular complexity index is 759. The summed E-state index contributed by atoms with van der Waals surface area (Å²) >= 11 is 3.32. The first-order valence-corrected chi connectivity index (χ1v) is 7.18. The summed E-state index contributed by atoms with van der Waals surface area (Å²) in [6, 6.07) is 7.04. The molecule has 0 saturated heterocycles. The number of carbonyl (C=O) groups excluding carboxylic acids is 2. The molecule has 0 spiro atoms. The summed E-state index contributed by atoms with van der Waals surface area (Å²) in [4.78, 5) is 27.7. The highest BCUT2D eigenvalue weighted by Crippen LogP contribution is 2.24. The standard InChI is InChI=1S/C15H12BrN3O2/c1-8-4-11(7-17-14(8)16)18-15(21)10-3-2-9-6-13(20)19-12(9)5-10/h2-5,7H,6H2,1H3,(H,18,21)(H,19,20). The van der Waals surface area contributed by atoms with E-state index in [0.29, 0.717) is 23.4 Å². The number of benzene rings is 1. The van der Waals surface area contributed by atoms with Crippen molar-refractivity contribution in [3.8, 4) is 0 Å². The van der Waals surface area contributed by atoms with Gasteiger partial charge >= 0.3 is 0 Å². The van der Waals surface area contributed by atoms with E-state index in [1.807, 2.05) is 13.0 Å². The lowest BCUT2D eigenvalue weighted by Crippen LogP contribution is -2.12. The second kappa shape index (κ2) is 5.29. The number of aromatic nitrogens is 1. The normalized spacial score (nSPS) is 12.8. The van der Waals surface area contributed by atoms with Crippen LogP contribution in [0.1, 0.15) is 21.5 Å². The molecule has 0 saturated carbocycles. The van der Waals surface area contributed by atoms with Crippen LogP contribution in [0.5, 0.6) is 0 Å². The predicted octanol–water partition coefficient (Wildman–Crippen LogP) is 2.90. The number of hydrogen-bond acceptors (Lipinski definition) is 3. The quantitative estimate of drug-likeness (QED) is 0.822. The molecular formula is C15H12BrN3O2. The lowest BCUT2D eigenvalue weighted by atomic mass is 10.1. The van der Waals surface area contributed by atoms with Gasteiger partial charge in [-0.25, -0.2) is 4.98 Å². The van der Waals surface area contributed by atoms with Gasteiger partial charge in [0.2, 0.25) is 5.91 Å². The van der Waals surface area contributed by atoms with Crippen LogP contribution in [0.4, 0.5) is 11.4 Å². The number of halogens is 1. The van der Waals surface area contributed by atoms with Gasteiger partial charge in [0.25, 0.3) is 5.91 Å². The van der Waals surface area contributed by atoms with Crippen molar-refractivity contribution in [3.05, 3.63) is 51.8 Å². The second-order valence-corrected chi connectivity index (χ2v) is 5.63. The third kappa shape index (κ3) is 2.80. The van der Waals surface area contributed by atoms with Crippen molar-refractivity contribution in [3.63, 3.8) is 0 Å². The van der Waals surface area contributed by atoms with Crippen LogP contribution in [-0.2, 0) is 11.2 Å². The predicted molar refractivity (Wildman–Crippen MR) is 83.4 cm³/mol. The molecule has 2 aromatic rings. The Kier molecular flexibility index (Phi) is 3.47. The zero-order chi connectivity index (χ0) is 15.0. The number of anilines is 2. The number of rotatable bonds is 2. The molecular weight excluding hydrogens is 334 g/mol. The van der Waals surface area contributed by atoms with Gasteiger partial charge < -0.3 is 10.6 Å². The average Bonchev–Trinajstić information content (AvgIpc) is 2.82. The minimum absolute atomic E-state index is 0.0460. The van der Waals surface area contributed by atoms with E-state index in [4.69, 9.17) is 0 Å². The van der Waals surface area contributed by atoms with E-state index in [9.17, 15) is 9.59 Å². The zero-order valence-electron chi connectivity index (χ0n) is 11.2. The van der Waals surface area contributed by atoms with Crippen molar-refractivity contribution in [2.24, 2.45) is 0 Å². The summed E-state index contributed by atoms with van der Waals surface area (Å²) in [6.45, 7) is 1.90. The molecule has 0 aliphatic carbocycles. The molecule has 5 nitrogen and oxygen atoms in total. The van der Waals surface area contributed by atoms with Gasteiger partial charge in [0.05, 0.1) is 18.3 Å². The van der Waals surface area contributed by atoms with Gasteiger partial charge in [0.15, 0.2) is 0 Å². The van der Waals surface area contributed by atoms with Crippen molar-refractivity contribution in [2.75, 3.05) is 10.6 Å². The minimum Gasteiger partial charge on any atom is -0.326 e. The largest absolute Gasteiger partial charge is 0.326 e. The number of amides is 2. The summed E-state index contributed by atoms with van der Waals surface area (Å²) in [6.07, 6.45) is 1.96. The van der Waals surface area contributed by atoms with Crippen LogP contribution in [-0.4, -0.2) is 16.8 Å². The van der Waals surface area contributed by atoms with Crippen molar-refractivity contribution in [2.45, 2.75) is 13.3 Å². The van der Waals surface area contributed by atoms with Crippen LogP contribution in [0.25, 0.3) is 0 Å². The highest BCUT2D eigenvalue weighted by atomic mass is 79.9. The summed E-state index contributed by atoms with van der Waals surface area (Å²) in [5.74, 6) is -0.280. The summed E-state index contributed by atoms with van der Waals surface area (Å²) in [5, 5.41) is 5.53. The fourth-order valence-corrected chi connectivity index (χ4v) is 2.40. The molecule has 1 aromatic heterocycles. The number of nitrogens with zero attached hydrogens (tertiary/aromatic N) is 1. The topological polar surface area (TPSA) is 71.1 Å². The first kappa shape index (κ1) is 13.8. The Labute approximate surface area is 129 Å². The fourth-order valence-electron chi connectivity index (χ4n) is 2.19. The maximum Gasteiger partial charge on any atom is 0.255 e. The number of fused-ring (bicyclic) bond motifs is 1. The van der Waals surface area contributed by atoms with Gasteiger partial charge in [-0.05, 0) is 52.2 Å². The van der Waals surface area contributed by atoms with Crippen LogP contribution in [0, 0.1) is 6.92 Å². The molecule has 0 atom stereocenters. The fraction of sp³-hybridized carbons (Fsp3) is 0.133. The third-order valence-electron chi connectivity index (χ3n) is 3.27. The third-order valence-corrected chi connectivity index (χ3v) is 4.10. The van der Waals surface area contributed by atoms with Gasteiger partial charge in [-0.2, -0.15) is 0 Å². The van der Waals surface area contributed by atoms with E-state index in [-0.39, 0.29) is 11.8 Å². The minimum atomic E-state index is -0.234. The molecule has 3 rings (SSSR count). The number of nitrogens with one attached hydrogen (secondary N) is 2. The van der Waals surface area contributed by atoms with Gasteiger partial charge in [-0.15, -0.1) is 0 Å². The van der Waals surface area contributed by atoms with Crippen LogP contribution >= 0.6 is 15.9 Å². The molecule has 1 aromatic carbocycles. The second-order valence-electron chi connectivity index (χ2n) is 4.88. The van der Waals surface area contributed by atoms with E-state index in [1.165, 1.54) is 0 Å². The number of aryl methyl sites for hydroxylation is 1. The van der Waals surface area contributed by atoms with Crippen molar-refractivity contribution in [1.29, 1.82) is 0 Å². The molecule has 0 radical (unpaired) electrons. The monoisotopic (exact) mass is 345 g/mol. The number of hydrogen-bond donors (Lipinski definition) is 2. The molecule has 2 N–H and O–H groups in total. The maximum atomic E-state index is 12.2. The molecule has 2 heterocycles.